The fourth-order valence-corrected chi connectivity index (χ4v) is 6.04. The van der Waals surface area contributed by atoms with Gasteiger partial charge in [0.1, 0.15) is 18.3 Å². The number of aliphatic imine (C=N–C) groups is 1. The molecule has 0 saturated carbocycles. The van der Waals surface area contributed by atoms with E-state index in [0.29, 0.717) is 18.4 Å². The highest BCUT2D eigenvalue weighted by Gasteiger charge is 2.49. The maximum atomic E-state index is 11.4. The van der Waals surface area contributed by atoms with Crippen LogP contribution in [-0.2, 0) is 14.2 Å². The quantitative estimate of drug-likeness (QED) is 0.176. The van der Waals surface area contributed by atoms with E-state index in [1.54, 1.807) is 6.21 Å². The van der Waals surface area contributed by atoms with Gasteiger partial charge in [-0.1, -0.05) is 6.42 Å². The first-order valence-corrected chi connectivity index (χ1v) is 11.4. The van der Waals surface area contributed by atoms with Gasteiger partial charge in [-0.2, -0.15) is 16.9 Å². The average Bonchev–Trinajstić information content (AvgIpc) is 3.38. The topological polar surface area (TPSA) is 120 Å². The second kappa shape index (κ2) is 8.79. The van der Waals surface area contributed by atoms with Crippen molar-refractivity contribution < 1.29 is 19.0 Å². The minimum Gasteiger partial charge on any atom is -0.371 e. The molecule has 4 aliphatic heterocycles. The Balaban J connectivity index is 1.15. The molecule has 0 radical (unpaired) electrons. The molecule has 10 heteroatoms. The molecule has 4 fully saturated rings. The van der Waals surface area contributed by atoms with Crippen molar-refractivity contribution >= 4 is 29.7 Å². The van der Waals surface area contributed by atoms with Crippen LogP contribution in [0.15, 0.2) is 10.1 Å². The summed E-state index contributed by atoms with van der Waals surface area (Å²) in [6.07, 6.45) is 5.50. The molecular weight excluding hydrogens is 394 g/mol. The summed E-state index contributed by atoms with van der Waals surface area (Å²) >= 11 is 1.94. The zero-order chi connectivity index (χ0) is 20.4. The van der Waals surface area contributed by atoms with Crippen molar-refractivity contribution in [3.63, 3.8) is 0 Å². The van der Waals surface area contributed by atoms with Crippen LogP contribution in [0.25, 0.3) is 0 Å². The lowest BCUT2D eigenvalue weighted by Crippen LogP contribution is -2.36. The van der Waals surface area contributed by atoms with Gasteiger partial charge in [-0.15, -0.1) is 0 Å². The Labute approximate surface area is 175 Å². The fraction of sp³-hybridized carbons (Fsp3) is 0.842. The maximum absolute atomic E-state index is 11.4. The van der Waals surface area contributed by atoms with Gasteiger partial charge in [0.15, 0.2) is 5.79 Å². The summed E-state index contributed by atoms with van der Waals surface area (Å²) in [5.41, 5.74) is 0.788. The Hall–Kier alpha value is -1.36. The number of fused-ring (bicyclic) bond motifs is 2. The third-order valence-electron chi connectivity index (χ3n) is 5.86. The molecule has 9 nitrogen and oxygen atoms in total. The summed E-state index contributed by atoms with van der Waals surface area (Å²) < 4.78 is 17.5. The van der Waals surface area contributed by atoms with Crippen molar-refractivity contribution in [3.8, 4) is 0 Å². The Morgan fingerprint density at radius 1 is 1.34 bits per heavy atom. The maximum Gasteiger partial charge on any atom is 0.315 e. The van der Waals surface area contributed by atoms with E-state index in [2.05, 4.69) is 20.7 Å². The largest absolute Gasteiger partial charge is 0.371 e. The van der Waals surface area contributed by atoms with Crippen LogP contribution in [-0.4, -0.2) is 78.3 Å². The number of hydrogen-bond donors (Lipinski definition) is 3. The Morgan fingerprint density at radius 3 is 3.03 bits per heavy atom. The van der Waals surface area contributed by atoms with Crippen LogP contribution >= 0.6 is 11.8 Å². The first kappa shape index (κ1) is 20.9. The lowest BCUT2D eigenvalue weighted by Gasteiger charge is -2.20. The van der Waals surface area contributed by atoms with E-state index in [0.717, 1.165) is 37.1 Å². The van der Waals surface area contributed by atoms with Gasteiger partial charge in [0.25, 0.3) is 0 Å². The number of ether oxygens (including phenoxy) is 3. The van der Waals surface area contributed by atoms with Gasteiger partial charge in [-0.05, 0) is 33.1 Å². The number of hydrazone groups is 1. The molecule has 0 aliphatic carbocycles. The molecule has 0 bridgehead atoms. The standard InChI is InChI=1S/C19H31N5O4S/c1-19(2)27-14-9-26-13(17(14)28-19)8-21-7-11(24-20)5-3-4-6-15-16-12(10-29-15)22-18(25)23-16/h7,12-17H,3-6,8-10,20H2,1-2H3,(H2,22,23,25)/t12-,13-,14+,15-,16-,17-/m0/s1. The number of carbonyl (C=O) groups is 1. The van der Waals surface area contributed by atoms with Crippen molar-refractivity contribution in [3.05, 3.63) is 0 Å². The van der Waals surface area contributed by atoms with E-state index in [1.807, 2.05) is 25.6 Å². The van der Waals surface area contributed by atoms with E-state index < -0.39 is 5.79 Å². The second-order valence-corrected chi connectivity index (χ2v) is 9.76. The number of nitrogens with zero attached hydrogens (tertiary/aromatic N) is 2. The van der Waals surface area contributed by atoms with Crippen LogP contribution in [0.4, 0.5) is 4.79 Å². The highest BCUT2D eigenvalue weighted by Crippen LogP contribution is 2.35. The van der Waals surface area contributed by atoms with Crippen molar-refractivity contribution in [2.45, 2.75) is 81.0 Å². The number of unbranched alkanes of at least 4 members (excludes halogenated alkanes) is 1. The summed E-state index contributed by atoms with van der Waals surface area (Å²) in [4.78, 5) is 15.9. The minimum atomic E-state index is -0.556. The smallest absolute Gasteiger partial charge is 0.315 e. The highest BCUT2D eigenvalue weighted by molar-refractivity contribution is 8.00. The van der Waals surface area contributed by atoms with Crippen LogP contribution in [0.2, 0.25) is 0 Å². The number of amides is 2. The van der Waals surface area contributed by atoms with Gasteiger partial charge >= 0.3 is 6.03 Å². The van der Waals surface area contributed by atoms with Crippen molar-refractivity contribution in [1.29, 1.82) is 0 Å². The molecule has 4 aliphatic rings. The number of hydrogen-bond acceptors (Lipinski definition) is 8. The molecule has 4 N–H and O–H groups in total. The molecule has 0 spiro atoms. The summed E-state index contributed by atoms with van der Waals surface area (Å²) in [5.74, 6) is 5.98. The molecule has 6 atom stereocenters. The number of carbonyl (C=O) groups excluding carboxylic acids is 1. The zero-order valence-electron chi connectivity index (χ0n) is 17.0. The van der Waals surface area contributed by atoms with E-state index in [4.69, 9.17) is 20.1 Å². The molecule has 29 heavy (non-hydrogen) atoms. The first-order chi connectivity index (χ1) is 13.9. The van der Waals surface area contributed by atoms with Crippen LogP contribution in [0.5, 0.6) is 0 Å². The average molecular weight is 426 g/mol. The lowest BCUT2D eigenvalue weighted by atomic mass is 10.0. The molecular formula is C19H31N5O4S. The third-order valence-corrected chi connectivity index (χ3v) is 7.37. The van der Waals surface area contributed by atoms with Crippen LogP contribution in [0, 0.1) is 0 Å². The molecule has 4 rings (SSSR count). The van der Waals surface area contributed by atoms with E-state index >= 15 is 0 Å². The van der Waals surface area contributed by atoms with Crippen molar-refractivity contribution in [1.82, 2.24) is 10.6 Å². The lowest BCUT2D eigenvalue weighted by molar-refractivity contribution is -0.173. The Bertz CT molecular complexity index is 673. The van der Waals surface area contributed by atoms with Gasteiger partial charge < -0.3 is 30.7 Å². The summed E-state index contributed by atoms with van der Waals surface area (Å²) in [7, 11) is 0. The molecule has 4 saturated heterocycles. The van der Waals surface area contributed by atoms with Gasteiger partial charge in [-0.3, -0.25) is 4.99 Å². The molecule has 0 aromatic rings. The monoisotopic (exact) mass is 425 g/mol. The van der Waals surface area contributed by atoms with Crippen molar-refractivity contribution in [2.24, 2.45) is 15.9 Å². The molecule has 2 amide bonds. The number of rotatable bonds is 8. The van der Waals surface area contributed by atoms with Crippen molar-refractivity contribution in [2.75, 3.05) is 18.9 Å². The van der Waals surface area contributed by atoms with Crippen LogP contribution in [0.1, 0.15) is 39.5 Å². The van der Waals surface area contributed by atoms with Gasteiger partial charge in [-0.25, -0.2) is 4.79 Å². The molecule has 0 aromatic heterocycles. The zero-order valence-corrected chi connectivity index (χ0v) is 17.8. The van der Waals surface area contributed by atoms with Gasteiger partial charge in [0, 0.05) is 17.2 Å². The first-order valence-electron chi connectivity index (χ1n) is 10.4. The summed E-state index contributed by atoms with van der Waals surface area (Å²) in [6.45, 7) is 4.90. The molecule has 0 unspecified atom stereocenters. The van der Waals surface area contributed by atoms with Gasteiger partial charge in [0.05, 0.1) is 30.9 Å². The highest BCUT2D eigenvalue weighted by atomic mass is 32.2. The summed E-state index contributed by atoms with van der Waals surface area (Å²) in [6, 6.07) is 0.511. The predicted octanol–water partition coefficient (Wildman–Crippen LogP) is 1.02. The van der Waals surface area contributed by atoms with Gasteiger partial charge in [0.2, 0.25) is 0 Å². The second-order valence-electron chi connectivity index (χ2n) is 8.49. The number of urea groups is 1. The summed E-state index contributed by atoms with van der Waals surface area (Å²) in [5, 5.41) is 10.4. The third kappa shape index (κ3) is 4.87. The van der Waals surface area contributed by atoms with Crippen LogP contribution in [0.3, 0.4) is 0 Å². The Kier molecular flexibility index (Phi) is 6.33. The van der Waals surface area contributed by atoms with E-state index in [1.165, 1.54) is 0 Å². The number of thioether (sulfide) groups is 1. The SMILES string of the molecule is CC1(C)O[C@H]2[C@H](CN=CC(CCCC[C@@H]3SC[C@@H]4NC(=O)N[C@@H]43)=NN)OC[C@H]2O1. The fourth-order valence-electron chi connectivity index (χ4n) is 4.50. The molecule has 4 heterocycles. The molecule has 0 aromatic carbocycles. The number of nitrogens with two attached hydrogens (primary N) is 1. The van der Waals surface area contributed by atoms with Crippen LogP contribution < -0.4 is 16.5 Å². The Morgan fingerprint density at radius 2 is 2.21 bits per heavy atom. The predicted molar refractivity (Wildman–Crippen MR) is 113 cm³/mol. The molecule has 162 valence electrons. The minimum absolute atomic E-state index is 0.0132. The van der Waals surface area contributed by atoms with E-state index in [-0.39, 0.29) is 36.4 Å². The van der Waals surface area contributed by atoms with E-state index in [9.17, 15) is 4.79 Å². The number of nitrogens with one attached hydrogen (secondary N) is 2. The normalized spacial score (nSPS) is 38.3.